The molecule has 3 rings (SSSR count). The first kappa shape index (κ1) is 15.5. The van der Waals surface area contributed by atoms with Gasteiger partial charge in [0, 0.05) is 12.1 Å². The fourth-order valence-electron chi connectivity index (χ4n) is 3.91. The number of amides is 1. The van der Waals surface area contributed by atoms with E-state index in [1.807, 2.05) is 6.07 Å². The van der Waals surface area contributed by atoms with Crippen LogP contribution in [0.3, 0.4) is 0 Å². The predicted molar refractivity (Wildman–Crippen MR) is 84.3 cm³/mol. The maximum Gasteiger partial charge on any atom is 0.306 e. The third kappa shape index (κ3) is 3.89. The number of nitriles is 1. The molecule has 2 fully saturated rings. The van der Waals surface area contributed by atoms with Gasteiger partial charge in [0.15, 0.2) is 6.61 Å². The van der Waals surface area contributed by atoms with Gasteiger partial charge in [0.2, 0.25) is 0 Å². The molecule has 0 aliphatic heterocycles. The maximum absolute atomic E-state index is 11.9. The molecule has 1 amide bonds. The molecule has 5 nitrogen and oxygen atoms in total. The van der Waals surface area contributed by atoms with Gasteiger partial charge in [0.1, 0.15) is 0 Å². The quantitative estimate of drug-likeness (QED) is 0.848. The summed E-state index contributed by atoms with van der Waals surface area (Å²) >= 11 is 0. The number of ether oxygens (including phenoxy) is 1. The van der Waals surface area contributed by atoms with Crippen LogP contribution in [0.1, 0.15) is 37.7 Å². The average molecular weight is 312 g/mol. The molecular weight excluding hydrogens is 292 g/mol. The molecule has 0 radical (unpaired) electrons. The van der Waals surface area contributed by atoms with Gasteiger partial charge in [0.05, 0.1) is 11.6 Å². The highest BCUT2D eigenvalue weighted by atomic mass is 16.5. The van der Waals surface area contributed by atoms with Gasteiger partial charge in [0.25, 0.3) is 5.91 Å². The molecule has 0 spiro atoms. The molecule has 0 aromatic heterocycles. The average Bonchev–Trinajstić information content (AvgIpc) is 3.16. The minimum atomic E-state index is -0.388. The largest absolute Gasteiger partial charge is 0.456 e. The molecule has 1 aromatic rings. The zero-order chi connectivity index (χ0) is 16.2. The van der Waals surface area contributed by atoms with Gasteiger partial charge in [-0.1, -0.05) is 12.5 Å². The van der Waals surface area contributed by atoms with Crippen molar-refractivity contribution in [2.24, 2.45) is 17.8 Å². The molecule has 2 aliphatic carbocycles. The third-order valence-electron chi connectivity index (χ3n) is 4.95. The number of carbonyl (C=O) groups excluding carboxylic acids is 2. The highest BCUT2D eigenvalue weighted by molar-refractivity contribution is 5.92. The molecule has 120 valence electrons. The van der Waals surface area contributed by atoms with Crippen molar-refractivity contribution < 1.29 is 14.3 Å². The minimum Gasteiger partial charge on any atom is -0.456 e. The zero-order valence-electron chi connectivity index (χ0n) is 13.0. The number of hydrogen-bond acceptors (Lipinski definition) is 4. The molecule has 0 saturated heterocycles. The topological polar surface area (TPSA) is 79.2 Å². The Morgan fingerprint density at radius 1 is 1.30 bits per heavy atom. The maximum atomic E-state index is 11.9. The summed E-state index contributed by atoms with van der Waals surface area (Å²) in [6, 6.07) is 8.62. The van der Waals surface area contributed by atoms with Crippen LogP contribution in [0.15, 0.2) is 24.3 Å². The van der Waals surface area contributed by atoms with Crippen LogP contribution in [0.5, 0.6) is 0 Å². The van der Waals surface area contributed by atoms with Gasteiger partial charge >= 0.3 is 5.97 Å². The first-order valence-electron chi connectivity index (χ1n) is 8.09. The number of nitrogens with one attached hydrogen (secondary N) is 1. The standard InChI is InChI=1S/C18H20N2O3/c19-10-13-2-1-3-16(8-13)20-17(21)11-23-18(22)9-15-7-12-4-5-14(15)6-12/h1-3,8,12,14-15H,4-7,9,11H2,(H,20,21)/t12-,14+,15+/m1/s1. The molecular formula is C18H20N2O3. The molecule has 1 N–H and O–H groups in total. The summed E-state index contributed by atoms with van der Waals surface area (Å²) in [6.07, 6.45) is 5.36. The van der Waals surface area contributed by atoms with E-state index < -0.39 is 0 Å². The monoisotopic (exact) mass is 312 g/mol. The zero-order valence-corrected chi connectivity index (χ0v) is 13.0. The van der Waals surface area contributed by atoms with Gasteiger partial charge in [-0.15, -0.1) is 0 Å². The summed E-state index contributed by atoms with van der Waals surface area (Å²) in [5, 5.41) is 11.4. The van der Waals surface area contributed by atoms with Crippen molar-refractivity contribution in [3.05, 3.63) is 29.8 Å². The van der Waals surface area contributed by atoms with E-state index in [9.17, 15) is 9.59 Å². The molecule has 2 bridgehead atoms. The predicted octanol–water partition coefficient (Wildman–Crippen LogP) is 2.87. The van der Waals surface area contributed by atoms with Crippen LogP contribution < -0.4 is 5.32 Å². The lowest BCUT2D eigenvalue weighted by atomic mass is 9.86. The van der Waals surface area contributed by atoms with Gasteiger partial charge < -0.3 is 10.1 Å². The van der Waals surface area contributed by atoms with E-state index in [2.05, 4.69) is 5.32 Å². The van der Waals surface area contributed by atoms with Crippen LogP contribution in [0.4, 0.5) is 5.69 Å². The second-order valence-corrected chi connectivity index (χ2v) is 6.54. The molecule has 3 atom stereocenters. The van der Waals surface area contributed by atoms with Crippen LogP contribution in [0.2, 0.25) is 0 Å². The van der Waals surface area contributed by atoms with E-state index in [4.69, 9.17) is 10.00 Å². The SMILES string of the molecule is N#Cc1cccc(NC(=O)COC(=O)C[C@@H]2C[C@@H]3CC[C@H]2C3)c1. The fraction of sp³-hybridized carbons (Fsp3) is 0.500. The van der Waals surface area contributed by atoms with E-state index in [1.54, 1.807) is 24.3 Å². The van der Waals surface area contributed by atoms with E-state index in [0.29, 0.717) is 29.5 Å². The Morgan fingerprint density at radius 3 is 2.87 bits per heavy atom. The molecule has 0 heterocycles. The van der Waals surface area contributed by atoms with E-state index in [1.165, 1.54) is 19.3 Å². The lowest BCUT2D eigenvalue weighted by molar-refractivity contribution is -0.148. The number of rotatable bonds is 5. The van der Waals surface area contributed by atoms with Gasteiger partial charge in [-0.05, 0) is 55.2 Å². The lowest BCUT2D eigenvalue weighted by Crippen LogP contribution is -2.23. The van der Waals surface area contributed by atoms with E-state index >= 15 is 0 Å². The summed E-state index contributed by atoms with van der Waals surface area (Å²) in [5.41, 5.74) is 0.995. The number of esters is 1. The van der Waals surface area contributed by atoms with Crippen LogP contribution >= 0.6 is 0 Å². The number of carbonyl (C=O) groups is 2. The minimum absolute atomic E-state index is 0.281. The smallest absolute Gasteiger partial charge is 0.306 e. The Kier molecular flexibility index (Phi) is 4.61. The summed E-state index contributed by atoms with van der Waals surface area (Å²) < 4.78 is 5.09. The second-order valence-electron chi connectivity index (χ2n) is 6.54. The first-order valence-corrected chi connectivity index (χ1v) is 8.09. The van der Waals surface area contributed by atoms with Crippen molar-refractivity contribution in [2.45, 2.75) is 32.1 Å². The van der Waals surface area contributed by atoms with Crippen molar-refractivity contribution in [3.8, 4) is 6.07 Å². The number of hydrogen-bond donors (Lipinski definition) is 1. The number of fused-ring (bicyclic) bond motifs is 2. The lowest BCUT2D eigenvalue weighted by Gasteiger charge is -2.20. The summed E-state index contributed by atoms with van der Waals surface area (Å²) in [4.78, 5) is 23.7. The highest BCUT2D eigenvalue weighted by Gasteiger charge is 2.40. The van der Waals surface area contributed by atoms with E-state index in [0.717, 1.165) is 12.3 Å². The third-order valence-corrected chi connectivity index (χ3v) is 4.95. The van der Waals surface area contributed by atoms with Crippen molar-refractivity contribution >= 4 is 17.6 Å². The van der Waals surface area contributed by atoms with Gasteiger partial charge in [-0.25, -0.2) is 0 Å². The highest BCUT2D eigenvalue weighted by Crippen LogP contribution is 2.49. The number of anilines is 1. The Balaban J connectivity index is 1.41. The normalized spacial score (nSPS) is 24.9. The van der Waals surface area contributed by atoms with Crippen molar-refractivity contribution in [2.75, 3.05) is 11.9 Å². The Hall–Kier alpha value is -2.35. The second kappa shape index (κ2) is 6.82. The van der Waals surface area contributed by atoms with Crippen molar-refractivity contribution in [3.63, 3.8) is 0 Å². The summed E-state index contributed by atoms with van der Waals surface area (Å²) in [7, 11) is 0. The number of benzene rings is 1. The summed E-state index contributed by atoms with van der Waals surface area (Å²) in [5.74, 6) is 1.24. The fourth-order valence-corrected chi connectivity index (χ4v) is 3.91. The van der Waals surface area contributed by atoms with Crippen molar-refractivity contribution in [1.82, 2.24) is 0 Å². The first-order chi connectivity index (χ1) is 11.1. The van der Waals surface area contributed by atoms with Crippen LogP contribution in [0, 0.1) is 29.1 Å². The van der Waals surface area contributed by atoms with Gasteiger partial charge in [-0.2, -0.15) is 5.26 Å². The van der Waals surface area contributed by atoms with Crippen LogP contribution in [0.25, 0.3) is 0 Å². The Bertz CT molecular complexity index is 650. The van der Waals surface area contributed by atoms with Crippen LogP contribution in [-0.2, 0) is 14.3 Å². The number of nitrogens with zero attached hydrogens (tertiary/aromatic N) is 1. The molecule has 5 heteroatoms. The molecule has 2 aliphatic rings. The molecule has 0 unspecified atom stereocenters. The van der Waals surface area contributed by atoms with Crippen LogP contribution in [-0.4, -0.2) is 18.5 Å². The van der Waals surface area contributed by atoms with E-state index in [-0.39, 0.29) is 18.5 Å². The van der Waals surface area contributed by atoms with Gasteiger partial charge in [-0.3, -0.25) is 9.59 Å². The Labute approximate surface area is 135 Å². The Morgan fingerprint density at radius 2 is 2.17 bits per heavy atom. The molecule has 2 saturated carbocycles. The summed E-state index contributed by atoms with van der Waals surface area (Å²) in [6.45, 7) is -0.281. The van der Waals surface area contributed by atoms with Crippen molar-refractivity contribution in [1.29, 1.82) is 5.26 Å². The molecule has 1 aromatic carbocycles. The molecule has 23 heavy (non-hydrogen) atoms.